The molecule has 1 aliphatic rings. The molecule has 1 fully saturated rings. The van der Waals surface area contributed by atoms with E-state index in [-0.39, 0.29) is 10.8 Å². The third kappa shape index (κ3) is 3.82. The molecule has 0 unspecified atom stereocenters. The van der Waals surface area contributed by atoms with Crippen LogP contribution in [0.4, 0.5) is 0 Å². The Bertz CT molecular complexity index is 657. The van der Waals surface area contributed by atoms with Crippen LogP contribution in [-0.2, 0) is 10.0 Å². The van der Waals surface area contributed by atoms with Crippen molar-refractivity contribution in [1.29, 1.82) is 0 Å². The number of carbonyl (C=O) groups is 1. The molecule has 2 rings (SSSR count). The average molecular weight is 376 g/mol. The average Bonchev–Trinajstić information content (AvgIpc) is 2.34. The van der Waals surface area contributed by atoms with Crippen LogP contribution in [0.5, 0.6) is 0 Å². The zero-order chi connectivity index (χ0) is 15.8. The molecular formula is C13H18BrN3O3S. The van der Waals surface area contributed by atoms with Gasteiger partial charge in [0, 0.05) is 42.6 Å². The number of carbonyl (C=O) groups excluding carboxylic acids is 1. The van der Waals surface area contributed by atoms with Crippen molar-refractivity contribution < 1.29 is 13.2 Å². The maximum absolute atomic E-state index is 12.3. The largest absolute Gasteiger partial charge is 0.341 e. The van der Waals surface area contributed by atoms with E-state index < -0.39 is 10.0 Å². The number of nitrogens with zero attached hydrogens (tertiary/aromatic N) is 2. The molecule has 0 spiro atoms. The van der Waals surface area contributed by atoms with Crippen LogP contribution in [0, 0.1) is 5.92 Å². The lowest BCUT2D eigenvalue weighted by molar-refractivity contribution is 0.0646. The Balaban J connectivity index is 2.11. The van der Waals surface area contributed by atoms with Gasteiger partial charge in [0.25, 0.3) is 5.91 Å². The molecule has 0 bridgehead atoms. The summed E-state index contributed by atoms with van der Waals surface area (Å²) in [5, 5.41) is 5.09. The van der Waals surface area contributed by atoms with Gasteiger partial charge in [-0.3, -0.25) is 4.79 Å². The summed E-state index contributed by atoms with van der Waals surface area (Å²) in [6.07, 6.45) is 0. The summed E-state index contributed by atoms with van der Waals surface area (Å²) in [7, 11) is 0.00174. The van der Waals surface area contributed by atoms with Crippen LogP contribution in [0.1, 0.15) is 10.4 Å². The summed E-state index contributed by atoms with van der Waals surface area (Å²) < 4.78 is 23.0. The lowest BCUT2D eigenvalue weighted by Gasteiger charge is -2.38. The topological polar surface area (TPSA) is 83.7 Å². The molecule has 1 amide bonds. The van der Waals surface area contributed by atoms with Crippen molar-refractivity contribution in [2.45, 2.75) is 4.90 Å². The Hall–Kier alpha value is -0.960. The van der Waals surface area contributed by atoms with Gasteiger partial charge in [0.1, 0.15) is 0 Å². The maximum Gasteiger partial charge on any atom is 0.253 e. The Morgan fingerprint density at radius 1 is 1.48 bits per heavy atom. The van der Waals surface area contributed by atoms with Gasteiger partial charge in [-0.1, -0.05) is 0 Å². The number of likely N-dealkylation sites (tertiary alicyclic amines) is 1. The predicted octanol–water partition coefficient (Wildman–Crippen LogP) is 0.730. The summed E-state index contributed by atoms with van der Waals surface area (Å²) >= 11 is 3.15. The fourth-order valence-corrected chi connectivity index (χ4v) is 4.14. The number of sulfonamides is 1. The standard InChI is InChI=1S/C13H18BrN3O3S/c1-16-6-9(7-16)8-17(2)13(18)10-3-4-12(11(14)5-10)21(15,19)20/h3-5,9H,6-8H2,1-2H3,(H2,15,19,20). The van der Waals surface area contributed by atoms with E-state index in [9.17, 15) is 13.2 Å². The van der Waals surface area contributed by atoms with E-state index in [1.54, 1.807) is 11.9 Å². The highest BCUT2D eigenvalue weighted by Gasteiger charge is 2.26. The lowest BCUT2D eigenvalue weighted by Crippen LogP contribution is -2.49. The van der Waals surface area contributed by atoms with Gasteiger partial charge in [-0.2, -0.15) is 0 Å². The van der Waals surface area contributed by atoms with Crippen LogP contribution in [-0.4, -0.2) is 57.9 Å². The van der Waals surface area contributed by atoms with E-state index in [4.69, 9.17) is 5.14 Å². The van der Waals surface area contributed by atoms with Crippen molar-refractivity contribution in [3.8, 4) is 0 Å². The summed E-state index contributed by atoms with van der Waals surface area (Å²) in [5.41, 5.74) is 0.435. The number of hydrogen-bond donors (Lipinski definition) is 1. The van der Waals surface area contributed by atoms with E-state index in [1.165, 1.54) is 18.2 Å². The van der Waals surface area contributed by atoms with E-state index in [0.29, 0.717) is 22.5 Å². The first-order valence-corrected chi connectivity index (χ1v) is 8.79. The third-order valence-corrected chi connectivity index (χ3v) is 5.39. The van der Waals surface area contributed by atoms with E-state index in [0.717, 1.165) is 13.1 Å². The fraction of sp³-hybridized carbons (Fsp3) is 0.462. The predicted molar refractivity (Wildman–Crippen MR) is 83.5 cm³/mol. The number of benzene rings is 1. The molecule has 0 radical (unpaired) electrons. The van der Waals surface area contributed by atoms with Gasteiger partial charge < -0.3 is 9.80 Å². The number of rotatable bonds is 4. The highest BCUT2D eigenvalue weighted by atomic mass is 79.9. The zero-order valence-corrected chi connectivity index (χ0v) is 14.3. The second kappa shape index (κ2) is 6.04. The maximum atomic E-state index is 12.3. The molecule has 2 N–H and O–H groups in total. The second-order valence-corrected chi connectivity index (χ2v) is 7.85. The van der Waals surface area contributed by atoms with Crippen LogP contribution < -0.4 is 5.14 Å². The Morgan fingerprint density at radius 3 is 2.57 bits per heavy atom. The number of amides is 1. The highest BCUT2D eigenvalue weighted by molar-refractivity contribution is 9.10. The Labute approximate surface area is 133 Å². The molecule has 116 valence electrons. The first-order valence-electron chi connectivity index (χ1n) is 6.45. The number of halogens is 1. The second-order valence-electron chi connectivity index (χ2n) is 5.46. The molecule has 6 nitrogen and oxygen atoms in total. The van der Waals surface area contributed by atoms with Gasteiger partial charge in [-0.05, 0) is 41.2 Å². The third-order valence-electron chi connectivity index (χ3n) is 3.50. The molecule has 0 atom stereocenters. The lowest BCUT2D eigenvalue weighted by atomic mass is 10.0. The molecular weight excluding hydrogens is 358 g/mol. The normalized spacial score (nSPS) is 16.6. The van der Waals surface area contributed by atoms with Crippen molar-refractivity contribution in [1.82, 2.24) is 9.80 Å². The minimum Gasteiger partial charge on any atom is -0.341 e. The van der Waals surface area contributed by atoms with Crippen molar-refractivity contribution in [2.24, 2.45) is 11.1 Å². The van der Waals surface area contributed by atoms with Gasteiger partial charge in [-0.25, -0.2) is 13.6 Å². The summed E-state index contributed by atoms with van der Waals surface area (Å²) in [5.74, 6) is 0.363. The zero-order valence-electron chi connectivity index (χ0n) is 11.9. The van der Waals surface area contributed by atoms with E-state index in [2.05, 4.69) is 20.8 Å². The minimum atomic E-state index is -3.79. The first kappa shape index (κ1) is 16.4. The quantitative estimate of drug-likeness (QED) is 0.840. The van der Waals surface area contributed by atoms with Crippen LogP contribution in [0.3, 0.4) is 0 Å². The van der Waals surface area contributed by atoms with Crippen LogP contribution in [0.25, 0.3) is 0 Å². The first-order chi connectivity index (χ1) is 9.68. The van der Waals surface area contributed by atoms with Crippen LogP contribution in [0.15, 0.2) is 27.6 Å². The molecule has 1 aromatic carbocycles. The fourth-order valence-electron chi connectivity index (χ4n) is 2.50. The van der Waals surface area contributed by atoms with Gasteiger partial charge in [0.2, 0.25) is 10.0 Å². The van der Waals surface area contributed by atoms with Crippen LogP contribution in [0.2, 0.25) is 0 Å². The molecule has 0 aromatic heterocycles. The van der Waals surface area contributed by atoms with Crippen molar-refractivity contribution in [2.75, 3.05) is 33.7 Å². The van der Waals surface area contributed by atoms with Gasteiger partial charge in [0.05, 0.1) is 4.90 Å². The van der Waals surface area contributed by atoms with Gasteiger partial charge >= 0.3 is 0 Å². The molecule has 1 aromatic rings. The molecule has 0 aliphatic carbocycles. The van der Waals surface area contributed by atoms with E-state index >= 15 is 0 Å². The Kier molecular flexibility index (Phi) is 4.72. The number of nitrogens with two attached hydrogens (primary N) is 1. The van der Waals surface area contributed by atoms with Gasteiger partial charge in [0.15, 0.2) is 0 Å². The van der Waals surface area contributed by atoms with E-state index in [1.807, 2.05) is 7.05 Å². The SMILES string of the molecule is CN1CC(CN(C)C(=O)c2ccc(S(N)(=O)=O)c(Br)c2)C1. The van der Waals surface area contributed by atoms with Crippen molar-refractivity contribution in [3.05, 3.63) is 28.2 Å². The monoisotopic (exact) mass is 375 g/mol. The smallest absolute Gasteiger partial charge is 0.253 e. The molecule has 1 heterocycles. The highest BCUT2D eigenvalue weighted by Crippen LogP contribution is 2.23. The summed E-state index contributed by atoms with van der Waals surface area (Å²) in [4.78, 5) is 16.2. The summed E-state index contributed by atoms with van der Waals surface area (Å²) in [6.45, 7) is 2.68. The molecule has 21 heavy (non-hydrogen) atoms. The Morgan fingerprint density at radius 2 is 2.10 bits per heavy atom. The van der Waals surface area contributed by atoms with Crippen molar-refractivity contribution in [3.63, 3.8) is 0 Å². The number of hydrogen-bond acceptors (Lipinski definition) is 4. The molecule has 1 saturated heterocycles. The molecule has 8 heteroatoms. The molecule has 0 saturated carbocycles. The van der Waals surface area contributed by atoms with Crippen LogP contribution >= 0.6 is 15.9 Å². The minimum absolute atomic E-state index is 0.0256. The summed E-state index contributed by atoms with van der Waals surface area (Å²) in [6, 6.07) is 4.32. The van der Waals surface area contributed by atoms with Gasteiger partial charge in [-0.15, -0.1) is 0 Å². The molecule has 1 aliphatic heterocycles. The number of primary sulfonamides is 1. The van der Waals surface area contributed by atoms with Crippen molar-refractivity contribution >= 4 is 31.9 Å².